The lowest BCUT2D eigenvalue weighted by atomic mass is 10.3. The summed E-state index contributed by atoms with van der Waals surface area (Å²) in [5.41, 5.74) is 6.29. The molecule has 0 unspecified atom stereocenters. The van der Waals surface area contributed by atoms with Gasteiger partial charge in [0, 0.05) is 0 Å². The Balaban J connectivity index is 2.87. The fraction of sp³-hybridized carbons (Fsp3) is 0.273. The van der Waals surface area contributed by atoms with Crippen molar-refractivity contribution in [1.82, 2.24) is 9.97 Å². The summed E-state index contributed by atoms with van der Waals surface area (Å²) in [6.07, 6.45) is 1.50. The highest BCUT2D eigenvalue weighted by atomic mass is 127. The van der Waals surface area contributed by atoms with Crippen LogP contribution in [0.5, 0.6) is 0 Å². The second-order valence-electron chi connectivity index (χ2n) is 3.20. The zero-order valence-electron chi connectivity index (χ0n) is 9.90. The van der Waals surface area contributed by atoms with Gasteiger partial charge in [-0.15, -0.1) is 0 Å². The molecule has 0 aliphatic rings. The molecule has 0 aliphatic carbocycles. The molecule has 1 aromatic rings. The average Bonchev–Trinajstić information content (AvgIpc) is 2.32. The molecule has 2 N–H and O–H groups in total. The molecule has 1 amide bonds. The van der Waals surface area contributed by atoms with E-state index in [1.165, 1.54) is 18.0 Å². The third kappa shape index (κ3) is 4.62. The maximum absolute atomic E-state index is 11.8. The minimum absolute atomic E-state index is 0.0804. The SMILES string of the molecule is CC(=NC(=O)c1nc(C)cnc1N)SC#CCI. The largest absolute Gasteiger partial charge is 0.382 e. The number of carbonyl (C=O) groups excluding carboxylic acids is 1. The Kier molecular flexibility index (Phi) is 6.07. The molecule has 0 atom stereocenters. The van der Waals surface area contributed by atoms with Crippen molar-refractivity contribution in [2.75, 3.05) is 10.2 Å². The van der Waals surface area contributed by atoms with Gasteiger partial charge in [-0.2, -0.15) is 0 Å². The molecular formula is C11H11IN4OS. The molecule has 94 valence electrons. The fourth-order valence-corrected chi connectivity index (χ4v) is 1.87. The van der Waals surface area contributed by atoms with E-state index in [0.29, 0.717) is 10.7 Å². The molecule has 0 aromatic carbocycles. The average molecular weight is 374 g/mol. The van der Waals surface area contributed by atoms with Crippen molar-refractivity contribution in [2.45, 2.75) is 13.8 Å². The Bertz CT molecular complexity index is 548. The van der Waals surface area contributed by atoms with Crippen LogP contribution in [0.1, 0.15) is 23.1 Å². The Hall–Kier alpha value is -1.14. The zero-order chi connectivity index (χ0) is 13.5. The van der Waals surface area contributed by atoms with Crippen molar-refractivity contribution in [3.05, 3.63) is 17.6 Å². The number of carbonyl (C=O) groups is 1. The number of aryl methyl sites for hydroxylation is 1. The molecule has 0 saturated heterocycles. The van der Waals surface area contributed by atoms with Crippen LogP contribution in [0.15, 0.2) is 11.2 Å². The fourth-order valence-electron chi connectivity index (χ4n) is 1.000. The van der Waals surface area contributed by atoms with Gasteiger partial charge in [0.05, 0.1) is 21.4 Å². The quantitative estimate of drug-likeness (QED) is 0.268. The lowest BCUT2D eigenvalue weighted by molar-refractivity contribution is 0.0999. The predicted molar refractivity (Wildman–Crippen MR) is 82.9 cm³/mol. The van der Waals surface area contributed by atoms with E-state index in [0.717, 1.165) is 4.43 Å². The summed E-state index contributed by atoms with van der Waals surface area (Å²) in [6, 6.07) is 0. The lowest BCUT2D eigenvalue weighted by Crippen LogP contribution is -2.08. The van der Waals surface area contributed by atoms with E-state index in [9.17, 15) is 4.79 Å². The van der Waals surface area contributed by atoms with E-state index in [1.807, 2.05) is 0 Å². The molecule has 18 heavy (non-hydrogen) atoms. The van der Waals surface area contributed by atoms with Crippen molar-refractivity contribution in [1.29, 1.82) is 0 Å². The van der Waals surface area contributed by atoms with E-state index in [1.54, 1.807) is 13.8 Å². The van der Waals surface area contributed by atoms with Crippen molar-refractivity contribution >= 4 is 51.1 Å². The molecule has 0 bridgehead atoms. The minimum atomic E-state index is -0.495. The van der Waals surface area contributed by atoms with Crippen LogP contribution in [0.3, 0.4) is 0 Å². The van der Waals surface area contributed by atoms with Gasteiger partial charge < -0.3 is 5.73 Å². The van der Waals surface area contributed by atoms with Crippen molar-refractivity contribution in [2.24, 2.45) is 4.99 Å². The number of amides is 1. The van der Waals surface area contributed by atoms with Crippen LogP contribution in [0.4, 0.5) is 5.82 Å². The standard InChI is InChI=1S/C11H11IN4OS/c1-7-6-14-10(13)9(15-7)11(17)16-8(2)18-5-3-4-12/h6H,4H2,1-2H3,(H2,13,14). The van der Waals surface area contributed by atoms with Gasteiger partial charge in [-0.3, -0.25) is 4.79 Å². The second kappa shape index (κ2) is 7.33. The van der Waals surface area contributed by atoms with E-state index in [-0.39, 0.29) is 11.5 Å². The molecule has 1 aromatic heterocycles. The summed E-state index contributed by atoms with van der Waals surface area (Å²) in [6.45, 7) is 3.45. The second-order valence-corrected chi connectivity index (χ2v) is 4.96. The molecule has 7 heteroatoms. The molecule has 0 saturated carbocycles. The van der Waals surface area contributed by atoms with Crippen LogP contribution in [0, 0.1) is 18.1 Å². The highest BCUT2D eigenvalue weighted by molar-refractivity contribution is 14.1. The summed E-state index contributed by atoms with van der Waals surface area (Å²) < 4.78 is 0.738. The normalized spacial score (nSPS) is 10.7. The topological polar surface area (TPSA) is 81.2 Å². The van der Waals surface area contributed by atoms with Crippen LogP contribution in [-0.4, -0.2) is 25.3 Å². The maximum atomic E-state index is 11.8. The number of nitrogens with two attached hydrogens (primary N) is 1. The van der Waals surface area contributed by atoms with Gasteiger partial charge in [0.25, 0.3) is 5.91 Å². The lowest BCUT2D eigenvalue weighted by Gasteiger charge is -2.00. The first-order valence-electron chi connectivity index (χ1n) is 4.94. The molecule has 0 fully saturated rings. The number of nitrogens with zero attached hydrogens (tertiary/aromatic N) is 3. The molecule has 1 heterocycles. The molecule has 0 spiro atoms. The molecule has 5 nitrogen and oxygen atoms in total. The van der Waals surface area contributed by atoms with E-state index >= 15 is 0 Å². The molecule has 1 rings (SSSR count). The van der Waals surface area contributed by atoms with Gasteiger partial charge in [0.2, 0.25) is 0 Å². The number of rotatable bonds is 1. The van der Waals surface area contributed by atoms with Gasteiger partial charge >= 0.3 is 0 Å². The highest BCUT2D eigenvalue weighted by Crippen LogP contribution is 2.09. The Labute approximate surface area is 123 Å². The van der Waals surface area contributed by atoms with Crippen molar-refractivity contribution in [3.8, 4) is 11.2 Å². The smallest absolute Gasteiger partial charge is 0.300 e. The summed E-state index contributed by atoms with van der Waals surface area (Å²) in [5.74, 6) is 2.46. The monoisotopic (exact) mass is 374 g/mol. The van der Waals surface area contributed by atoms with Crippen LogP contribution in [-0.2, 0) is 0 Å². The molecular weight excluding hydrogens is 363 g/mol. The highest BCUT2D eigenvalue weighted by Gasteiger charge is 2.12. The van der Waals surface area contributed by atoms with Gasteiger partial charge in [0.15, 0.2) is 11.5 Å². The zero-order valence-corrected chi connectivity index (χ0v) is 12.9. The summed E-state index contributed by atoms with van der Waals surface area (Å²) in [4.78, 5) is 23.6. The summed E-state index contributed by atoms with van der Waals surface area (Å²) >= 11 is 3.36. The number of alkyl halides is 1. The Morgan fingerprint density at radius 3 is 3.06 bits per heavy atom. The number of hydrogen-bond donors (Lipinski definition) is 1. The third-order valence-corrected chi connectivity index (χ3v) is 2.74. The number of nitrogen functional groups attached to an aromatic ring is 1. The summed E-state index contributed by atoms with van der Waals surface area (Å²) in [5, 5.41) is 3.38. The van der Waals surface area contributed by atoms with Crippen molar-refractivity contribution in [3.63, 3.8) is 0 Å². The minimum Gasteiger partial charge on any atom is -0.382 e. The number of aliphatic imine (C=N–C) groups is 1. The maximum Gasteiger partial charge on any atom is 0.300 e. The van der Waals surface area contributed by atoms with Crippen LogP contribution in [0.25, 0.3) is 0 Å². The number of thioether (sulfide) groups is 1. The number of anilines is 1. The molecule has 0 radical (unpaired) electrons. The molecule has 0 aliphatic heterocycles. The first-order valence-corrected chi connectivity index (χ1v) is 7.28. The van der Waals surface area contributed by atoms with Crippen LogP contribution in [0.2, 0.25) is 0 Å². The number of aromatic nitrogens is 2. The number of halogens is 1. The third-order valence-electron chi connectivity index (χ3n) is 1.72. The van der Waals surface area contributed by atoms with Gasteiger partial charge in [-0.25, -0.2) is 15.0 Å². The van der Waals surface area contributed by atoms with Gasteiger partial charge in [-0.05, 0) is 30.9 Å². The van der Waals surface area contributed by atoms with E-state index < -0.39 is 5.91 Å². The Morgan fingerprint density at radius 2 is 2.39 bits per heavy atom. The van der Waals surface area contributed by atoms with Crippen LogP contribution >= 0.6 is 34.4 Å². The summed E-state index contributed by atoms with van der Waals surface area (Å²) in [7, 11) is 0. The predicted octanol–water partition coefficient (Wildman–Crippen LogP) is 2.05. The van der Waals surface area contributed by atoms with Crippen LogP contribution < -0.4 is 5.73 Å². The van der Waals surface area contributed by atoms with E-state index in [4.69, 9.17) is 5.73 Å². The van der Waals surface area contributed by atoms with Crippen molar-refractivity contribution < 1.29 is 4.79 Å². The Morgan fingerprint density at radius 1 is 1.67 bits per heavy atom. The van der Waals surface area contributed by atoms with Gasteiger partial charge in [-0.1, -0.05) is 28.5 Å². The number of hydrogen-bond acceptors (Lipinski definition) is 5. The first-order chi connectivity index (χ1) is 8.54. The van der Waals surface area contributed by atoms with E-state index in [2.05, 4.69) is 48.7 Å². The first kappa shape index (κ1) is 14.9. The van der Waals surface area contributed by atoms with Gasteiger partial charge in [0.1, 0.15) is 0 Å².